The molecule has 0 saturated carbocycles. The molecule has 0 fully saturated rings. The number of carbonyl (C=O) groups excluding carboxylic acids is 2. The maximum absolute atomic E-state index is 14.0. The van der Waals surface area contributed by atoms with E-state index in [0.717, 1.165) is 38.1 Å². The van der Waals surface area contributed by atoms with Crippen LogP contribution >= 0.6 is 15.9 Å². The maximum atomic E-state index is 14.0. The largest absolute Gasteiger partial charge is 0.352 e. The molecule has 0 bridgehead atoms. The van der Waals surface area contributed by atoms with Crippen LogP contribution in [0.15, 0.2) is 83.3 Å². The molecule has 0 aromatic heterocycles. The molecule has 0 saturated heterocycles. The lowest BCUT2D eigenvalue weighted by Gasteiger charge is -2.34. The van der Waals surface area contributed by atoms with Gasteiger partial charge in [-0.05, 0) is 55.7 Å². The van der Waals surface area contributed by atoms with Gasteiger partial charge in [-0.3, -0.25) is 13.9 Å². The Morgan fingerprint density at radius 1 is 0.923 bits per heavy atom. The van der Waals surface area contributed by atoms with Gasteiger partial charge < -0.3 is 10.2 Å². The smallest absolute Gasteiger partial charge is 0.244 e. The zero-order chi connectivity index (χ0) is 28.6. The minimum atomic E-state index is -3.80. The van der Waals surface area contributed by atoms with Crippen LogP contribution in [0, 0.1) is 6.92 Å². The summed E-state index contributed by atoms with van der Waals surface area (Å²) in [7, 11) is -3.80. The topological polar surface area (TPSA) is 86.8 Å². The van der Waals surface area contributed by atoms with Crippen LogP contribution in [0.5, 0.6) is 0 Å². The Kier molecular flexibility index (Phi) is 10.7. The molecule has 9 heteroatoms. The Bertz CT molecular complexity index is 1350. The molecule has 3 aromatic rings. The minimum absolute atomic E-state index is 0.0811. The van der Waals surface area contributed by atoms with Gasteiger partial charge in [-0.2, -0.15) is 0 Å². The molecule has 3 rings (SSSR count). The number of anilines is 1. The van der Waals surface area contributed by atoms with Crippen molar-refractivity contribution in [2.24, 2.45) is 0 Å². The molecule has 0 aliphatic heterocycles. The van der Waals surface area contributed by atoms with Crippen molar-refractivity contribution in [3.63, 3.8) is 0 Å². The van der Waals surface area contributed by atoms with Gasteiger partial charge in [0.2, 0.25) is 21.8 Å². The van der Waals surface area contributed by atoms with Crippen LogP contribution in [0.1, 0.15) is 37.0 Å². The van der Waals surface area contributed by atoms with Crippen molar-refractivity contribution in [1.82, 2.24) is 10.2 Å². The predicted octanol–water partition coefficient (Wildman–Crippen LogP) is 5.08. The molecule has 7 nitrogen and oxygen atoms in total. The van der Waals surface area contributed by atoms with Crippen LogP contribution < -0.4 is 9.62 Å². The molecule has 39 heavy (non-hydrogen) atoms. The van der Waals surface area contributed by atoms with E-state index in [-0.39, 0.29) is 24.9 Å². The van der Waals surface area contributed by atoms with E-state index in [0.29, 0.717) is 5.69 Å². The van der Waals surface area contributed by atoms with E-state index < -0.39 is 28.5 Å². The molecule has 0 aliphatic rings. The second-order valence-electron chi connectivity index (χ2n) is 9.78. The minimum Gasteiger partial charge on any atom is -0.352 e. The maximum Gasteiger partial charge on any atom is 0.244 e. The summed E-state index contributed by atoms with van der Waals surface area (Å²) in [6.07, 6.45) is 2.10. The van der Waals surface area contributed by atoms with Gasteiger partial charge in [0.1, 0.15) is 12.6 Å². The molecular formula is C30H36BrN3O4S. The number of carbonyl (C=O) groups is 2. The van der Waals surface area contributed by atoms with Gasteiger partial charge in [0.25, 0.3) is 0 Å². The number of rotatable bonds is 12. The number of sulfonamides is 1. The number of amides is 2. The number of hydrogen-bond acceptors (Lipinski definition) is 4. The molecule has 0 heterocycles. The summed E-state index contributed by atoms with van der Waals surface area (Å²) in [6.45, 7) is 5.60. The van der Waals surface area contributed by atoms with Crippen molar-refractivity contribution >= 4 is 43.5 Å². The Balaban J connectivity index is 2.04. The van der Waals surface area contributed by atoms with Gasteiger partial charge >= 0.3 is 0 Å². The molecule has 0 radical (unpaired) electrons. The summed E-state index contributed by atoms with van der Waals surface area (Å²) in [5.41, 5.74) is 3.19. The molecule has 2 atom stereocenters. The van der Waals surface area contributed by atoms with E-state index >= 15 is 0 Å². The summed E-state index contributed by atoms with van der Waals surface area (Å²) in [4.78, 5) is 29.2. The third-order valence-electron chi connectivity index (χ3n) is 6.54. The Morgan fingerprint density at radius 2 is 1.54 bits per heavy atom. The summed E-state index contributed by atoms with van der Waals surface area (Å²) in [6, 6.07) is 23.1. The lowest BCUT2D eigenvalue weighted by atomic mass is 10.0. The van der Waals surface area contributed by atoms with Gasteiger partial charge in [-0.25, -0.2) is 8.42 Å². The first-order valence-corrected chi connectivity index (χ1v) is 15.5. The number of halogens is 1. The lowest BCUT2D eigenvalue weighted by Crippen LogP contribution is -2.54. The van der Waals surface area contributed by atoms with Crippen LogP contribution in [-0.2, 0) is 32.6 Å². The van der Waals surface area contributed by atoms with Gasteiger partial charge in [-0.15, -0.1) is 0 Å². The second-order valence-corrected chi connectivity index (χ2v) is 12.6. The number of nitrogens with zero attached hydrogens (tertiary/aromatic N) is 2. The number of nitrogens with one attached hydrogen (secondary N) is 1. The first-order chi connectivity index (χ1) is 18.5. The van der Waals surface area contributed by atoms with Gasteiger partial charge in [0.15, 0.2) is 0 Å². The summed E-state index contributed by atoms with van der Waals surface area (Å²) in [5, 5.41) is 3.03. The lowest BCUT2D eigenvalue weighted by molar-refractivity contribution is -0.140. The second kappa shape index (κ2) is 13.8. The first-order valence-electron chi connectivity index (χ1n) is 12.9. The highest BCUT2D eigenvalue weighted by Gasteiger charge is 2.33. The van der Waals surface area contributed by atoms with Crippen LogP contribution in [0.25, 0.3) is 0 Å². The summed E-state index contributed by atoms with van der Waals surface area (Å²) in [5.74, 6) is -0.743. The zero-order valence-corrected chi connectivity index (χ0v) is 25.2. The SMILES string of the molecule is CC[C@@H](C)NC(=O)[C@H](Cc1ccccc1)N(Cc1ccc(C)cc1)C(=O)CN(c1ccc(Br)cc1)S(C)(=O)=O. The van der Waals surface area contributed by atoms with E-state index in [2.05, 4.69) is 21.2 Å². The quantitative estimate of drug-likeness (QED) is 0.309. The summed E-state index contributed by atoms with van der Waals surface area (Å²) < 4.78 is 27.5. The first kappa shape index (κ1) is 30.4. The van der Waals surface area contributed by atoms with Crippen molar-refractivity contribution in [3.8, 4) is 0 Å². The van der Waals surface area contributed by atoms with Crippen LogP contribution in [0.4, 0.5) is 5.69 Å². The molecule has 1 N–H and O–H groups in total. The molecule has 0 unspecified atom stereocenters. The fourth-order valence-electron chi connectivity index (χ4n) is 4.11. The molecule has 208 valence electrons. The van der Waals surface area contributed by atoms with E-state index in [9.17, 15) is 18.0 Å². The Morgan fingerprint density at radius 3 is 2.10 bits per heavy atom. The van der Waals surface area contributed by atoms with Gasteiger partial charge in [-0.1, -0.05) is 83.0 Å². The number of aryl methyl sites for hydroxylation is 1. The van der Waals surface area contributed by atoms with Crippen LogP contribution in [0.3, 0.4) is 0 Å². The Hall–Kier alpha value is -3.17. The third-order valence-corrected chi connectivity index (χ3v) is 8.21. The molecule has 0 aliphatic carbocycles. The average molecular weight is 615 g/mol. The van der Waals surface area contributed by atoms with Gasteiger partial charge in [0.05, 0.1) is 11.9 Å². The standard InChI is InChI=1S/C30H36BrN3O4S/c1-5-23(3)32-30(36)28(19-24-9-7-6-8-10-24)33(20-25-13-11-22(2)12-14-25)29(35)21-34(39(4,37)38)27-17-15-26(31)16-18-27/h6-18,23,28H,5,19-21H2,1-4H3,(H,32,36)/t23-,28+/m1/s1. The molecule has 3 aromatic carbocycles. The predicted molar refractivity (Wildman–Crippen MR) is 160 cm³/mol. The fourth-order valence-corrected chi connectivity index (χ4v) is 5.22. The highest BCUT2D eigenvalue weighted by Crippen LogP contribution is 2.22. The molecule has 2 amide bonds. The van der Waals surface area contributed by atoms with E-state index in [1.54, 1.807) is 24.3 Å². The van der Waals surface area contributed by atoms with Crippen molar-refractivity contribution in [1.29, 1.82) is 0 Å². The molecule has 0 spiro atoms. The average Bonchev–Trinajstić information content (AvgIpc) is 2.90. The Labute approximate surface area is 240 Å². The summed E-state index contributed by atoms with van der Waals surface area (Å²) >= 11 is 3.37. The van der Waals surface area contributed by atoms with E-state index in [4.69, 9.17) is 0 Å². The van der Waals surface area contributed by atoms with E-state index in [1.165, 1.54) is 4.90 Å². The monoisotopic (exact) mass is 613 g/mol. The molecular weight excluding hydrogens is 578 g/mol. The van der Waals surface area contributed by atoms with Crippen LogP contribution in [0.2, 0.25) is 0 Å². The highest BCUT2D eigenvalue weighted by atomic mass is 79.9. The van der Waals surface area contributed by atoms with Crippen molar-refractivity contribution in [2.45, 2.75) is 52.2 Å². The van der Waals surface area contributed by atoms with Crippen molar-refractivity contribution in [3.05, 3.63) is 100 Å². The third kappa shape index (κ3) is 8.93. The number of hydrogen-bond donors (Lipinski definition) is 1. The van der Waals surface area contributed by atoms with Crippen molar-refractivity contribution in [2.75, 3.05) is 17.1 Å². The number of benzene rings is 3. The van der Waals surface area contributed by atoms with Gasteiger partial charge in [0, 0.05) is 23.5 Å². The van der Waals surface area contributed by atoms with Crippen LogP contribution in [-0.4, -0.2) is 50.0 Å². The van der Waals surface area contributed by atoms with Crippen molar-refractivity contribution < 1.29 is 18.0 Å². The fraction of sp³-hybridized carbons (Fsp3) is 0.333. The highest BCUT2D eigenvalue weighted by molar-refractivity contribution is 9.10. The normalized spacial score (nSPS) is 12.8. The zero-order valence-electron chi connectivity index (χ0n) is 22.8. The van der Waals surface area contributed by atoms with E-state index in [1.807, 2.05) is 75.4 Å².